The van der Waals surface area contributed by atoms with E-state index in [1.807, 2.05) is 61.5 Å². The summed E-state index contributed by atoms with van der Waals surface area (Å²) in [6.07, 6.45) is 3.57. The molecule has 0 fully saturated rings. The summed E-state index contributed by atoms with van der Waals surface area (Å²) < 4.78 is 0. The third-order valence-corrected chi connectivity index (χ3v) is 3.33. The van der Waals surface area contributed by atoms with Crippen LogP contribution in [0.2, 0.25) is 0 Å². The lowest BCUT2D eigenvalue weighted by atomic mass is 9.92. The van der Waals surface area contributed by atoms with Crippen molar-refractivity contribution < 1.29 is 0 Å². The second-order valence-electron chi connectivity index (χ2n) is 5.05. The second-order valence-corrected chi connectivity index (χ2v) is 5.05. The standard InChI is InChI=1S/C22H17N/c1-4-9-20(17(2)3)21-13-8-12-19(22(21)16-23)15-14-18-10-6-5-7-11-18/h4-13H,1-2H2,3H3/b20-9+. The number of nitriles is 1. The summed E-state index contributed by atoms with van der Waals surface area (Å²) in [5.41, 5.74) is 4.81. The van der Waals surface area contributed by atoms with Gasteiger partial charge in [-0.25, -0.2) is 0 Å². The SMILES string of the molecule is C=C/C=C(\C(=C)C)c1cccc(C#Cc2ccccc2)c1C#N. The first-order chi connectivity index (χ1) is 11.2. The van der Waals surface area contributed by atoms with Crippen molar-refractivity contribution >= 4 is 5.57 Å². The summed E-state index contributed by atoms with van der Waals surface area (Å²) in [4.78, 5) is 0. The Bertz CT molecular complexity index is 866. The monoisotopic (exact) mass is 295 g/mol. The van der Waals surface area contributed by atoms with E-state index < -0.39 is 0 Å². The van der Waals surface area contributed by atoms with Crippen LogP contribution in [-0.4, -0.2) is 0 Å². The van der Waals surface area contributed by atoms with Crippen molar-refractivity contribution in [2.24, 2.45) is 0 Å². The Hall–Kier alpha value is -3.29. The summed E-state index contributed by atoms with van der Waals surface area (Å²) in [7, 11) is 0. The average molecular weight is 295 g/mol. The molecule has 0 saturated heterocycles. The molecule has 0 amide bonds. The Kier molecular flexibility index (Phi) is 5.35. The van der Waals surface area contributed by atoms with E-state index in [0.29, 0.717) is 11.1 Å². The summed E-state index contributed by atoms with van der Waals surface area (Å²) in [6.45, 7) is 9.64. The summed E-state index contributed by atoms with van der Waals surface area (Å²) in [5, 5.41) is 9.59. The van der Waals surface area contributed by atoms with Crippen molar-refractivity contribution in [3.8, 4) is 17.9 Å². The van der Waals surface area contributed by atoms with Gasteiger partial charge in [-0.3, -0.25) is 0 Å². The minimum absolute atomic E-state index is 0.562. The van der Waals surface area contributed by atoms with Gasteiger partial charge in [0.15, 0.2) is 0 Å². The van der Waals surface area contributed by atoms with E-state index in [4.69, 9.17) is 0 Å². The molecule has 2 rings (SSSR count). The fourth-order valence-corrected chi connectivity index (χ4v) is 2.24. The largest absolute Gasteiger partial charge is 0.192 e. The molecule has 0 bridgehead atoms. The topological polar surface area (TPSA) is 23.8 Å². The van der Waals surface area contributed by atoms with Crippen LogP contribution in [0.1, 0.15) is 29.2 Å². The van der Waals surface area contributed by atoms with Crippen LogP contribution in [0.5, 0.6) is 0 Å². The van der Waals surface area contributed by atoms with Crippen molar-refractivity contribution in [1.29, 1.82) is 5.26 Å². The zero-order valence-corrected chi connectivity index (χ0v) is 13.1. The lowest BCUT2D eigenvalue weighted by Crippen LogP contribution is -1.94. The quantitative estimate of drug-likeness (QED) is 0.570. The Morgan fingerprint density at radius 3 is 2.39 bits per heavy atom. The number of hydrogen-bond acceptors (Lipinski definition) is 1. The maximum Gasteiger partial charge on any atom is 0.101 e. The molecule has 0 N–H and O–H groups in total. The normalized spacial score (nSPS) is 10.2. The first-order valence-electron chi connectivity index (χ1n) is 7.26. The molecular formula is C22H17N. The van der Waals surface area contributed by atoms with Crippen LogP contribution < -0.4 is 0 Å². The first-order valence-corrected chi connectivity index (χ1v) is 7.26. The lowest BCUT2D eigenvalue weighted by Gasteiger charge is -2.10. The summed E-state index contributed by atoms with van der Waals surface area (Å²) in [5.74, 6) is 6.20. The molecule has 0 unspecified atom stereocenters. The van der Waals surface area contributed by atoms with Crippen LogP contribution in [0.25, 0.3) is 5.57 Å². The molecule has 23 heavy (non-hydrogen) atoms. The van der Waals surface area contributed by atoms with Gasteiger partial charge in [-0.1, -0.05) is 73.1 Å². The van der Waals surface area contributed by atoms with Crippen molar-refractivity contribution in [2.45, 2.75) is 6.92 Å². The number of nitrogens with zero attached hydrogens (tertiary/aromatic N) is 1. The zero-order valence-electron chi connectivity index (χ0n) is 13.1. The van der Waals surface area contributed by atoms with Gasteiger partial charge in [0.05, 0.1) is 5.56 Å². The molecule has 0 heterocycles. The summed E-state index contributed by atoms with van der Waals surface area (Å²) in [6, 6.07) is 17.7. The van der Waals surface area contributed by atoms with Gasteiger partial charge in [-0.15, -0.1) is 0 Å². The predicted octanol–water partition coefficient (Wildman–Crippen LogP) is 5.10. The fraction of sp³-hybridized carbons (Fsp3) is 0.0455. The van der Waals surface area contributed by atoms with E-state index in [9.17, 15) is 5.26 Å². The van der Waals surface area contributed by atoms with E-state index in [1.165, 1.54) is 0 Å². The third kappa shape index (κ3) is 3.88. The maximum atomic E-state index is 9.59. The minimum Gasteiger partial charge on any atom is -0.192 e. The van der Waals surface area contributed by atoms with Gasteiger partial charge in [0.25, 0.3) is 0 Å². The van der Waals surface area contributed by atoms with Gasteiger partial charge in [0.2, 0.25) is 0 Å². The number of benzene rings is 2. The highest BCUT2D eigenvalue weighted by atomic mass is 14.3. The Morgan fingerprint density at radius 2 is 1.78 bits per heavy atom. The summed E-state index contributed by atoms with van der Waals surface area (Å²) >= 11 is 0. The van der Waals surface area contributed by atoms with Crippen LogP contribution in [0, 0.1) is 23.2 Å². The third-order valence-electron chi connectivity index (χ3n) is 3.33. The van der Waals surface area contributed by atoms with Crippen LogP contribution >= 0.6 is 0 Å². The van der Waals surface area contributed by atoms with Crippen LogP contribution in [0.4, 0.5) is 0 Å². The molecule has 0 aliphatic carbocycles. The Morgan fingerprint density at radius 1 is 1.04 bits per heavy atom. The predicted molar refractivity (Wildman–Crippen MR) is 96.6 cm³/mol. The highest BCUT2D eigenvalue weighted by molar-refractivity contribution is 5.83. The van der Waals surface area contributed by atoms with Crippen LogP contribution in [0.15, 0.2) is 79.4 Å². The number of hydrogen-bond donors (Lipinski definition) is 0. The Balaban J connectivity index is 2.57. The van der Waals surface area contributed by atoms with Gasteiger partial charge in [0.1, 0.15) is 6.07 Å². The van der Waals surface area contributed by atoms with Gasteiger partial charge in [-0.2, -0.15) is 5.26 Å². The molecule has 0 aromatic heterocycles. The first kappa shape index (κ1) is 16.1. The van der Waals surface area contributed by atoms with Crippen molar-refractivity contribution in [2.75, 3.05) is 0 Å². The Labute approximate surface area is 137 Å². The van der Waals surface area contributed by atoms with E-state index in [0.717, 1.165) is 22.3 Å². The minimum atomic E-state index is 0.562. The average Bonchev–Trinajstić information content (AvgIpc) is 2.58. The van der Waals surface area contributed by atoms with Crippen LogP contribution in [-0.2, 0) is 0 Å². The molecule has 110 valence electrons. The molecular weight excluding hydrogens is 278 g/mol. The van der Waals surface area contributed by atoms with Gasteiger partial charge in [-0.05, 0) is 30.7 Å². The molecule has 1 nitrogen and oxygen atoms in total. The molecule has 0 spiro atoms. The van der Waals surface area contributed by atoms with Gasteiger partial charge >= 0.3 is 0 Å². The molecule has 0 saturated carbocycles. The zero-order chi connectivity index (χ0) is 16.7. The van der Waals surface area contributed by atoms with Crippen molar-refractivity contribution in [3.05, 3.63) is 102 Å². The molecule has 0 atom stereocenters. The van der Waals surface area contributed by atoms with E-state index in [1.54, 1.807) is 6.08 Å². The molecule has 2 aromatic rings. The number of allylic oxidation sites excluding steroid dienone is 4. The van der Waals surface area contributed by atoms with Crippen LogP contribution in [0.3, 0.4) is 0 Å². The number of rotatable bonds is 3. The highest BCUT2D eigenvalue weighted by Crippen LogP contribution is 2.26. The van der Waals surface area contributed by atoms with Crippen molar-refractivity contribution in [3.63, 3.8) is 0 Å². The fourth-order valence-electron chi connectivity index (χ4n) is 2.24. The van der Waals surface area contributed by atoms with E-state index in [-0.39, 0.29) is 0 Å². The smallest absolute Gasteiger partial charge is 0.101 e. The second kappa shape index (κ2) is 7.64. The molecule has 2 aromatic carbocycles. The van der Waals surface area contributed by atoms with E-state index in [2.05, 4.69) is 31.1 Å². The molecule has 0 radical (unpaired) electrons. The maximum absolute atomic E-state index is 9.59. The van der Waals surface area contributed by atoms with Gasteiger partial charge in [0, 0.05) is 16.7 Å². The van der Waals surface area contributed by atoms with Gasteiger partial charge < -0.3 is 0 Å². The van der Waals surface area contributed by atoms with E-state index >= 15 is 0 Å². The lowest BCUT2D eigenvalue weighted by molar-refractivity contribution is 1.42. The molecule has 0 aliphatic heterocycles. The van der Waals surface area contributed by atoms with Crippen molar-refractivity contribution in [1.82, 2.24) is 0 Å². The molecule has 0 aliphatic rings. The molecule has 1 heteroatoms. The highest BCUT2D eigenvalue weighted by Gasteiger charge is 2.11.